The molecule has 0 saturated heterocycles. The van der Waals surface area contributed by atoms with Crippen LogP contribution in [0.1, 0.15) is 90.7 Å². The van der Waals surface area contributed by atoms with Gasteiger partial charge in [-0.1, -0.05) is 56.1 Å². The molecule has 0 heterocycles. The summed E-state index contributed by atoms with van der Waals surface area (Å²) in [4.78, 5) is 0. The van der Waals surface area contributed by atoms with E-state index in [4.69, 9.17) is 9.47 Å². The van der Waals surface area contributed by atoms with Crippen LogP contribution in [0.5, 0.6) is 0 Å². The highest BCUT2D eigenvalue weighted by atomic mass is 16.5. The highest BCUT2D eigenvalue weighted by molar-refractivity contribution is 5.37. The van der Waals surface area contributed by atoms with Gasteiger partial charge in [-0.2, -0.15) is 0 Å². The Kier molecular flexibility index (Phi) is 13.0. The van der Waals surface area contributed by atoms with Crippen LogP contribution in [0.15, 0.2) is 24.3 Å². The first-order valence-corrected chi connectivity index (χ1v) is 11.2. The lowest BCUT2D eigenvalue weighted by atomic mass is 9.97. The Labute approximate surface area is 174 Å². The van der Waals surface area contributed by atoms with E-state index in [1.165, 1.54) is 56.9 Å². The van der Waals surface area contributed by atoms with Crippen LogP contribution in [-0.4, -0.2) is 25.9 Å². The Hall–Kier alpha value is -1.30. The summed E-state index contributed by atoms with van der Waals surface area (Å²) in [5.74, 6) is 6.56. The number of benzene rings is 1. The van der Waals surface area contributed by atoms with E-state index in [0.717, 1.165) is 18.8 Å². The zero-order valence-electron chi connectivity index (χ0n) is 19.0. The average molecular weight is 387 g/mol. The Morgan fingerprint density at radius 3 is 2.00 bits per heavy atom. The summed E-state index contributed by atoms with van der Waals surface area (Å²) >= 11 is 0. The van der Waals surface area contributed by atoms with E-state index >= 15 is 0 Å². The second-order valence-corrected chi connectivity index (χ2v) is 8.95. The Morgan fingerprint density at radius 1 is 0.786 bits per heavy atom. The van der Waals surface area contributed by atoms with E-state index in [1.807, 2.05) is 0 Å². The molecule has 2 nitrogen and oxygen atoms in total. The van der Waals surface area contributed by atoms with E-state index < -0.39 is 0 Å². The van der Waals surface area contributed by atoms with E-state index in [2.05, 4.69) is 70.7 Å². The van der Waals surface area contributed by atoms with Gasteiger partial charge in [0.25, 0.3) is 0 Å². The molecular weight excluding hydrogens is 344 g/mol. The van der Waals surface area contributed by atoms with Gasteiger partial charge in [0.05, 0.1) is 19.3 Å². The SMILES string of the molecule is CC(C)OCCOCCCCCCCCCc1ccc(C#CC(C)(C)C)cc1. The van der Waals surface area contributed by atoms with Crippen molar-refractivity contribution in [3.8, 4) is 11.8 Å². The normalized spacial score (nSPS) is 11.5. The van der Waals surface area contributed by atoms with Crippen LogP contribution in [0.4, 0.5) is 0 Å². The van der Waals surface area contributed by atoms with Gasteiger partial charge in [0, 0.05) is 17.6 Å². The third-order valence-corrected chi connectivity index (χ3v) is 4.47. The zero-order chi connectivity index (χ0) is 20.7. The molecular formula is C26H42O2. The molecule has 0 aliphatic heterocycles. The highest BCUT2D eigenvalue weighted by Crippen LogP contribution is 2.13. The molecule has 0 saturated carbocycles. The van der Waals surface area contributed by atoms with E-state index in [0.29, 0.717) is 12.7 Å². The van der Waals surface area contributed by atoms with Crippen molar-refractivity contribution in [2.75, 3.05) is 19.8 Å². The quantitative estimate of drug-likeness (QED) is 0.258. The smallest absolute Gasteiger partial charge is 0.0703 e. The number of ether oxygens (including phenoxy) is 2. The first-order chi connectivity index (χ1) is 13.4. The molecule has 0 atom stereocenters. The molecule has 158 valence electrons. The predicted molar refractivity (Wildman–Crippen MR) is 121 cm³/mol. The summed E-state index contributed by atoms with van der Waals surface area (Å²) in [6.07, 6.45) is 10.6. The number of rotatable bonds is 14. The standard InChI is InChI=1S/C26H42O2/c1-23(2)28-22-21-27-20-12-10-8-6-7-9-11-13-24-14-16-25(17-15-24)18-19-26(3,4)5/h14-17,23H,6-13,20-22H2,1-5H3. The summed E-state index contributed by atoms with van der Waals surface area (Å²) in [5.41, 5.74) is 2.61. The lowest BCUT2D eigenvalue weighted by Gasteiger charge is -2.08. The molecule has 1 rings (SSSR count). The highest BCUT2D eigenvalue weighted by Gasteiger charge is 2.03. The van der Waals surface area contributed by atoms with Crippen molar-refractivity contribution >= 4 is 0 Å². The van der Waals surface area contributed by atoms with Gasteiger partial charge in [-0.25, -0.2) is 0 Å². The van der Waals surface area contributed by atoms with E-state index in [9.17, 15) is 0 Å². The van der Waals surface area contributed by atoms with Gasteiger partial charge >= 0.3 is 0 Å². The summed E-state index contributed by atoms with van der Waals surface area (Å²) in [7, 11) is 0. The number of aryl methyl sites for hydroxylation is 1. The second-order valence-electron chi connectivity index (χ2n) is 8.95. The lowest BCUT2D eigenvalue weighted by Crippen LogP contribution is -2.10. The van der Waals surface area contributed by atoms with Crippen molar-refractivity contribution < 1.29 is 9.47 Å². The van der Waals surface area contributed by atoms with Gasteiger partial charge in [0.15, 0.2) is 0 Å². The third-order valence-electron chi connectivity index (χ3n) is 4.47. The Bertz CT molecular complexity index is 555. The fourth-order valence-corrected chi connectivity index (χ4v) is 2.88. The zero-order valence-corrected chi connectivity index (χ0v) is 19.0. The maximum Gasteiger partial charge on any atom is 0.0703 e. The van der Waals surface area contributed by atoms with Crippen LogP contribution in [0.3, 0.4) is 0 Å². The third kappa shape index (κ3) is 14.7. The molecule has 0 aromatic heterocycles. The molecule has 0 aliphatic carbocycles. The molecule has 0 fully saturated rings. The minimum atomic E-state index is 0.0636. The van der Waals surface area contributed by atoms with Crippen molar-refractivity contribution in [1.29, 1.82) is 0 Å². The van der Waals surface area contributed by atoms with Gasteiger partial charge in [0.2, 0.25) is 0 Å². The maximum atomic E-state index is 5.58. The molecule has 28 heavy (non-hydrogen) atoms. The van der Waals surface area contributed by atoms with Crippen LogP contribution in [-0.2, 0) is 15.9 Å². The van der Waals surface area contributed by atoms with Crippen LogP contribution in [0, 0.1) is 17.3 Å². The van der Waals surface area contributed by atoms with Crippen LogP contribution >= 0.6 is 0 Å². The molecule has 0 aliphatic rings. The van der Waals surface area contributed by atoms with Crippen LogP contribution in [0.25, 0.3) is 0 Å². The van der Waals surface area contributed by atoms with Crippen molar-refractivity contribution in [1.82, 2.24) is 0 Å². The van der Waals surface area contributed by atoms with Gasteiger partial charge in [-0.15, -0.1) is 0 Å². The molecule has 0 spiro atoms. The Morgan fingerprint density at radius 2 is 1.39 bits per heavy atom. The van der Waals surface area contributed by atoms with Gasteiger partial charge < -0.3 is 9.47 Å². The first-order valence-electron chi connectivity index (χ1n) is 11.2. The van der Waals surface area contributed by atoms with Crippen molar-refractivity contribution in [3.05, 3.63) is 35.4 Å². The predicted octanol–water partition coefficient (Wildman–Crippen LogP) is 6.80. The largest absolute Gasteiger partial charge is 0.379 e. The number of unbranched alkanes of at least 4 members (excludes halogenated alkanes) is 6. The fraction of sp³-hybridized carbons (Fsp3) is 0.692. The van der Waals surface area contributed by atoms with Crippen molar-refractivity contribution in [2.24, 2.45) is 5.41 Å². The summed E-state index contributed by atoms with van der Waals surface area (Å²) < 4.78 is 11.0. The fourth-order valence-electron chi connectivity index (χ4n) is 2.88. The summed E-state index contributed by atoms with van der Waals surface area (Å²) in [6.45, 7) is 12.9. The molecule has 1 aromatic carbocycles. The molecule has 0 unspecified atom stereocenters. The summed E-state index contributed by atoms with van der Waals surface area (Å²) in [5, 5.41) is 0. The van der Waals surface area contributed by atoms with Gasteiger partial charge in [-0.3, -0.25) is 0 Å². The molecule has 0 amide bonds. The van der Waals surface area contributed by atoms with Crippen molar-refractivity contribution in [3.63, 3.8) is 0 Å². The molecule has 0 radical (unpaired) electrons. The Balaban J connectivity index is 1.97. The topological polar surface area (TPSA) is 18.5 Å². The minimum Gasteiger partial charge on any atom is -0.379 e. The first kappa shape index (κ1) is 24.7. The van der Waals surface area contributed by atoms with Crippen molar-refractivity contribution in [2.45, 2.75) is 92.1 Å². The minimum absolute atomic E-state index is 0.0636. The lowest BCUT2D eigenvalue weighted by molar-refractivity contribution is 0.0186. The maximum absolute atomic E-state index is 5.58. The molecule has 1 aromatic rings. The van der Waals surface area contributed by atoms with E-state index in [-0.39, 0.29) is 5.41 Å². The molecule has 2 heteroatoms. The van der Waals surface area contributed by atoms with Crippen LogP contribution in [0.2, 0.25) is 0 Å². The number of hydrogen-bond donors (Lipinski definition) is 0. The van der Waals surface area contributed by atoms with Crippen LogP contribution < -0.4 is 0 Å². The van der Waals surface area contributed by atoms with Gasteiger partial charge in [0.1, 0.15) is 0 Å². The number of hydrogen-bond acceptors (Lipinski definition) is 2. The van der Waals surface area contributed by atoms with E-state index in [1.54, 1.807) is 0 Å². The molecule has 0 bridgehead atoms. The van der Waals surface area contributed by atoms with Gasteiger partial charge in [-0.05, 0) is 71.6 Å². The summed E-state index contributed by atoms with van der Waals surface area (Å²) in [6, 6.07) is 8.79. The average Bonchev–Trinajstić information content (AvgIpc) is 2.64. The molecule has 0 N–H and O–H groups in total. The monoisotopic (exact) mass is 386 g/mol. The second kappa shape index (κ2) is 14.7.